The van der Waals surface area contributed by atoms with Crippen LogP contribution in [0.5, 0.6) is 23.0 Å². The second kappa shape index (κ2) is 8.99. The summed E-state index contributed by atoms with van der Waals surface area (Å²) in [5.41, 5.74) is -3.06. The van der Waals surface area contributed by atoms with Crippen LogP contribution in [-0.4, -0.2) is 4.92 Å². The van der Waals surface area contributed by atoms with Crippen molar-refractivity contribution in [2.24, 2.45) is 0 Å². The SMILES string of the molecule is O=[N+]([O-])c1ccc(Oc2cccc(C(F)(F)F)c2Cl)cc1Oc1cccc(C(F)(F)F)c1Cl. The zero-order chi connectivity index (χ0) is 24.6. The molecule has 0 heterocycles. The van der Waals surface area contributed by atoms with Gasteiger partial charge in [-0.1, -0.05) is 35.3 Å². The number of nitro benzene ring substituents is 1. The first-order valence-corrected chi connectivity index (χ1v) is 9.40. The van der Waals surface area contributed by atoms with Gasteiger partial charge in [0.2, 0.25) is 5.75 Å². The fraction of sp³-hybridized carbons (Fsp3) is 0.100. The Bertz CT molecular complexity index is 1210. The van der Waals surface area contributed by atoms with E-state index in [0.29, 0.717) is 6.07 Å². The lowest BCUT2D eigenvalue weighted by atomic mass is 10.2. The molecule has 33 heavy (non-hydrogen) atoms. The van der Waals surface area contributed by atoms with E-state index in [0.717, 1.165) is 48.5 Å². The highest BCUT2D eigenvalue weighted by Crippen LogP contribution is 2.44. The summed E-state index contributed by atoms with van der Waals surface area (Å²) in [6, 6.07) is 8.48. The standard InChI is InChI=1S/C20H9Cl2F6NO4/c21-17-11(19(23,24)25)3-1-5-14(17)32-10-7-8-13(29(30)31)16(9-10)33-15-6-2-4-12(18(15)22)20(26,27)28/h1-9H. The average Bonchev–Trinajstić information content (AvgIpc) is 2.69. The van der Waals surface area contributed by atoms with E-state index in [1.165, 1.54) is 0 Å². The molecular formula is C20H9Cl2F6NO4. The van der Waals surface area contributed by atoms with E-state index in [-0.39, 0.29) is 5.75 Å². The summed E-state index contributed by atoms with van der Waals surface area (Å²) in [5, 5.41) is 9.73. The molecular weight excluding hydrogens is 503 g/mol. The molecule has 3 aromatic carbocycles. The van der Waals surface area contributed by atoms with Crippen molar-refractivity contribution in [1.82, 2.24) is 0 Å². The fourth-order valence-corrected chi connectivity index (χ4v) is 3.20. The van der Waals surface area contributed by atoms with Crippen molar-refractivity contribution in [2.45, 2.75) is 12.4 Å². The van der Waals surface area contributed by atoms with Crippen LogP contribution in [0.4, 0.5) is 32.0 Å². The summed E-state index contributed by atoms with van der Waals surface area (Å²) in [7, 11) is 0. The summed E-state index contributed by atoms with van der Waals surface area (Å²) in [6.07, 6.45) is -9.58. The summed E-state index contributed by atoms with van der Waals surface area (Å²) in [4.78, 5) is 10.5. The number of hydrogen-bond donors (Lipinski definition) is 0. The molecule has 174 valence electrons. The van der Waals surface area contributed by atoms with Gasteiger partial charge in [0.25, 0.3) is 0 Å². The molecule has 5 nitrogen and oxygen atoms in total. The maximum absolute atomic E-state index is 13.1. The first-order valence-electron chi connectivity index (χ1n) is 8.64. The van der Waals surface area contributed by atoms with Gasteiger partial charge >= 0.3 is 18.0 Å². The van der Waals surface area contributed by atoms with Gasteiger partial charge in [0.1, 0.15) is 17.2 Å². The Balaban J connectivity index is 2.01. The lowest BCUT2D eigenvalue weighted by Gasteiger charge is -2.15. The first kappa shape index (κ1) is 24.5. The molecule has 0 bridgehead atoms. The van der Waals surface area contributed by atoms with Crippen LogP contribution in [0, 0.1) is 10.1 Å². The summed E-state index contributed by atoms with van der Waals surface area (Å²) >= 11 is 11.5. The number of nitrogens with zero attached hydrogens (tertiary/aromatic N) is 1. The zero-order valence-electron chi connectivity index (χ0n) is 15.8. The van der Waals surface area contributed by atoms with Crippen LogP contribution in [0.15, 0.2) is 54.6 Å². The third kappa shape index (κ3) is 5.42. The Labute approximate surface area is 191 Å². The largest absolute Gasteiger partial charge is 0.456 e. The van der Waals surface area contributed by atoms with Gasteiger partial charge < -0.3 is 9.47 Å². The maximum Gasteiger partial charge on any atom is 0.417 e. The number of halogens is 8. The fourth-order valence-electron chi connectivity index (χ4n) is 2.65. The number of alkyl halides is 6. The zero-order valence-corrected chi connectivity index (χ0v) is 17.3. The molecule has 0 aliphatic rings. The number of benzene rings is 3. The molecule has 13 heteroatoms. The van der Waals surface area contributed by atoms with E-state index in [1.807, 2.05) is 0 Å². The summed E-state index contributed by atoms with van der Waals surface area (Å²) in [5.74, 6) is -1.76. The Hall–Kier alpha value is -3.18. The van der Waals surface area contributed by atoms with Gasteiger partial charge in [0.15, 0.2) is 0 Å². The normalized spacial score (nSPS) is 11.9. The molecule has 0 atom stereocenters. The van der Waals surface area contributed by atoms with Crippen molar-refractivity contribution in [1.29, 1.82) is 0 Å². The molecule has 0 aliphatic heterocycles. The minimum absolute atomic E-state index is 0.236. The highest BCUT2D eigenvalue weighted by Gasteiger charge is 2.35. The highest BCUT2D eigenvalue weighted by atomic mass is 35.5. The van der Waals surface area contributed by atoms with Crippen LogP contribution in [0.2, 0.25) is 10.0 Å². The van der Waals surface area contributed by atoms with Crippen LogP contribution in [-0.2, 0) is 12.4 Å². The molecule has 0 saturated carbocycles. The van der Waals surface area contributed by atoms with Gasteiger partial charge in [0.05, 0.1) is 26.1 Å². The third-order valence-corrected chi connectivity index (χ3v) is 4.89. The molecule has 0 aliphatic carbocycles. The number of rotatable bonds is 5. The number of ether oxygens (including phenoxy) is 2. The molecule has 0 fully saturated rings. The second-order valence-electron chi connectivity index (χ2n) is 6.32. The van der Waals surface area contributed by atoms with Gasteiger partial charge in [-0.25, -0.2) is 0 Å². The maximum atomic E-state index is 13.1. The predicted octanol–water partition coefficient (Wildman–Crippen LogP) is 8.52. The lowest BCUT2D eigenvalue weighted by molar-refractivity contribution is -0.385. The molecule has 0 N–H and O–H groups in total. The van der Waals surface area contributed by atoms with E-state index in [4.69, 9.17) is 32.7 Å². The van der Waals surface area contributed by atoms with Crippen molar-refractivity contribution < 1.29 is 40.7 Å². The van der Waals surface area contributed by atoms with Gasteiger partial charge in [0, 0.05) is 12.1 Å². The van der Waals surface area contributed by atoms with Crippen molar-refractivity contribution in [3.05, 3.63) is 85.9 Å². The molecule has 0 spiro atoms. The molecule has 0 unspecified atom stereocenters. The number of hydrogen-bond acceptors (Lipinski definition) is 4. The van der Waals surface area contributed by atoms with E-state index in [1.54, 1.807) is 0 Å². The highest BCUT2D eigenvalue weighted by molar-refractivity contribution is 6.33. The first-order chi connectivity index (χ1) is 15.3. The average molecular weight is 512 g/mol. The summed E-state index contributed by atoms with van der Waals surface area (Å²) in [6.45, 7) is 0. The van der Waals surface area contributed by atoms with Crippen LogP contribution in [0.25, 0.3) is 0 Å². The topological polar surface area (TPSA) is 61.6 Å². The predicted molar refractivity (Wildman–Crippen MR) is 106 cm³/mol. The third-order valence-electron chi connectivity index (χ3n) is 4.11. The Kier molecular flexibility index (Phi) is 6.66. The molecule has 0 aromatic heterocycles. The van der Waals surface area contributed by atoms with Gasteiger partial charge in [-0.3, -0.25) is 10.1 Å². The Morgan fingerprint density at radius 1 is 0.727 bits per heavy atom. The smallest absolute Gasteiger partial charge is 0.417 e. The minimum Gasteiger partial charge on any atom is -0.456 e. The summed E-state index contributed by atoms with van der Waals surface area (Å²) < 4.78 is 88.9. The van der Waals surface area contributed by atoms with Gasteiger partial charge in [-0.2, -0.15) is 26.3 Å². The van der Waals surface area contributed by atoms with Crippen molar-refractivity contribution in [2.75, 3.05) is 0 Å². The van der Waals surface area contributed by atoms with E-state index in [2.05, 4.69) is 0 Å². The number of nitro groups is 1. The minimum atomic E-state index is -4.81. The molecule has 3 rings (SSSR count). The van der Waals surface area contributed by atoms with Gasteiger partial charge in [-0.05, 0) is 30.3 Å². The monoisotopic (exact) mass is 511 g/mol. The molecule has 0 radical (unpaired) electrons. The molecule has 0 saturated heterocycles. The van der Waals surface area contributed by atoms with E-state index in [9.17, 15) is 36.5 Å². The second-order valence-corrected chi connectivity index (χ2v) is 7.08. The van der Waals surface area contributed by atoms with Crippen LogP contribution >= 0.6 is 23.2 Å². The van der Waals surface area contributed by atoms with Gasteiger partial charge in [-0.15, -0.1) is 0 Å². The van der Waals surface area contributed by atoms with E-state index >= 15 is 0 Å². The van der Waals surface area contributed by atoms with E-state index < -0.39 is 61.4 Å². The lowest BCUT2D eigenvalue weighted by Crippen LogP contribution is -2.06. The van der Waals surface area contributed by atoms with Crippen LogP contribution < -0.4 is 9.47 Å². The Morgan fingerprint density at radius 2 is 1.21 bits per heavy atom. The van der Waals surface area contributed by atoms with Crippen molar-refractivity contribution in [3.63, 3.8) is 0 Å². The molecule has 0 amide bonds. The van der Waals surface area contributed by atoms with Crippen LogP contribution in [0.1, 0.15) is 11.1 Å². The van der Waals surface area contributed by atoms with Crippen LogP contribution in [0.3, 0.4) is 0 Å². The van der Waals surface area contributed by atoms with Crippen molar-refractivity contribution in [3.8, 4) is 23.0 Å². The van der Waals surface area contributed by atoms with Crippen molar-refractivity contribution >= 4 is 28.9 Å². The quantitative estimate of drug-likeness (QED) is 0.195. The Morgan fingerprint density at radius 3 is 1.67 bits per heavy atom. The molecule has 3 aromatic rings.